The minimum atomic E-state index is -4.14. The van der Waals surface area contributed by atoms with Crippen LogP contribution in [0.25, 0.3) is 0 Å². The summed E-state index contributed by atoms with van der Waals surface area (Å²) in [5.41, 5.74) is -0.0611. The maximum absolute atomic E-state index is 12.0. The molecule has 0 aromatic rings. The Balaban J connectivity index is 4.00. The predicted octanol–water partition coefficient (Wildman–Crippen LogP) is 4.39. The van der Waals surface area contributed by atoms with Crippen LogP contribution >= 0.6 is 11.8 Å². The molecule has 0 radical (unpaired) electrons. The van der Waals surface area contributed by atoms with Crippen LogP contribution in [-0.2, 0) is 0 Å². The lowest BCUT2D eigenvalue weighted by Crippen LogP contribution is -2.14. The Morgan fingerprint density at radius 3 is 2.33 bits per heavy atom. The third kappa shape index (κ3) is 9.24. The SMILES string of the molecule is C#CCC(C)(C)CCC(C#N)SCCC(F)(F)F. The number of thioether (sulfide) groups is 1. The summed E-state index contributed by atoms with van der Waals surface area (Å²) in [5.74, 6) is 2.52. The largest absolute Gasteiger partial charge is 0.389 e. The maximum Gasteiger partial charge on any atom is 0.389 e. The highest BCUT2D eigenvalue weighted by molar-refractivity contribution is 8.00. The number of hydrogen-bond acceptors (Lipinski definition) is 2. The van der Waals surface area contributed by atoms with Crippen LogP contribution in [0.4, 0.5) is 13.2 Å². The van der Waals surface area contributed by atoms with Gasteiger partial charge >= 0.3 is 6.18 Å². The molecule has 5 heteroatoms. The van der Waals surface area contributed by atoms with Crippen molar-refractivity contribution in [3.8, 4) is 18.4 Å². The molecule has 0 amide bonds. The molecule has 0 N–H and O–H groups in total. The van der Waals surface area contributed by atoms with E-state index in [0.29, 0.717) is 12.8 Å². The maximum atomic E-state index is 12.0. The quantitative estimate of drug-likeness (QED) is 0.644. The molecule has 0 saturated heterocycles. The van der Waals surface area contributed by atoms with Crippen molar-refractivity contribution in [3.05, 3.63) is 0 Å². The fourth-order valence-corrected chi connectivity index (χ4v) is 2.38. The zero-order chi connectivity index (χ0) is 14.2. The van der Waals surface area contributed by atoms with E-state index in [1.165, 1.54) is 0 Å². The normalized spacial score (nSPS) is 13.7. The molecule has 0 bridgehead atoms. The Labute approximate surface area is 111 Å². The van der Waals surface area contributed by atoms with Crippen LogP contribution in [0.1, 0.15) is 39.5 Å². The molecular formula is C13H18F3NS. The standard InChI is InChI=1S/C13H18F3NS/c1-4-6-12(2,3)7-5-11(10-17)18-9-8-13(14,15)16/h1,11H,5-9H2,2-3H3. The third-order valence-electron chi connectivity index (χ3n) is 2.51. The molecule has 0 aliphatic carbocycles. The summed E-state index contributed by atoms with van der Waals surface area (Å²) < 4.78 is 35.9. The molecule has 0 aliphatic rings. The summed E-state index contributed by atoms with van der Waals surface area (Å²) in [5, 5.41) is 8.50. The molecular weight excluding hydrogens is 259 g/mol. The van der Waals surface area contributed by atoms with Crippen molar-refractivity contribution in [2.75, 3.05) is 5.75 Å². The van der Waals surface area contributed by atoms with Crippen molar-refractivity contribution in [2.24, 2.45) is 5.41 Å². The minimum Gasteiger partial charge on any atom is -0.197 e. The van der Waals surface area contributed by atoms with Gasteiger partial charge < -0.3 is 0 Å². The van der Waals surface area contributed by atoms with Gasteiger partial charge in [-0.1, -0.05) is 13.8 Å². The van der Waals surface area contributed by atoms with Gasteiger partial charge in [-0.2, -0.15) is 18.4 Å². The number of alkyl halides is 3. The second-order valence-electron chi connectivity index (χ2n) is 4.94. The van der Waals surface area contributed by atoms with E-state index in [0.717, 1.165) is 18.2 Å². The summed E-state index contributed by atoms with van der Waals surface area (Å²) >= 11 is 1.07. The Bertz CT molecular complexity index is 323. The first-order chi connectivity index (χ1) is 8.20. The summed E-state index contributed by atoms with van der Waals surface area (Å²) in [7, 11) is 0. The molecule has 1 atom stereocenters. The second kappa shape index (κ2) is 7.59. The molecule has 102 valence electrons. The monoisotopic (exact) mass is 277 g/mol. The van der Waals surface area contributed by atoms with Crippen molar-refractivity contribution < 1.29 is 13.2 Å². The summed E-state index contributed by atoms with van der Waals surface area (Å²) in [6.45, 7) is 4.00. The number of terminal acetylenes is 1. The van der Waals surface area contributed by atoms with Gasteiger partial charge in [0.25, 0.3) is 0 Å². The van der Waals surface area contributed by atoms with E-state index in [1.54, 1.807) is 0 Å². The number of hydrogen-bond donors (Lipinski definition) is 0. The molecule has 18 heavy (non-hydrogen) atoms. The summed E-state index contributed by atoms with van der Waals surface area (Å²) in [4.78, 5) is 0. The predicted molar refractivity (Wildman–Crippen MR) is 69.0 cm³/mol. The van der Waals surface area contributed by atoms with Gasteiger partial charge in [-0.25, -0.2) is 0 Å². The number of nitriles is 1. The van der Waals surface area contributed by atoms with Crippen molar-refractivity contribution in [1.29, 1.82) is 5.26 Å². The molecule has 0 saturated carbocycles. The number of halogens is 3. The first kappa shape index (κ1) is 17.2. The molecule has 0 rings (SSSR count). The highest BCUT2D eigenvalue weighted by atomic mass is 32.2. The Kier molecular flexibility index (Phi) is 7.25. The van der Waals surface area contributed by atoms with Gasteiger partial charge in [0, 0.05) is 12.2 Å². The smallest absolute Gasteiger partial charge is 0.197 e. The van der Waals surface area contributed by atoms with Crippen LogP contribution < -0.4 is 0 Å². The Morgan fingerprint density at radius 1 is 1.28 bits per heavy atom. The van der Waals surface area contributed by atoms with Gasteiger partial charge in [0.2, 0.25) is 0 Å². The van der Waals surface area contributed by atoms with Crippen LogP contribution in [-0.4, -0.2) is 17.2 Å². The molecule has 1 unspecified atom stereocenters. The van der Waals surface area contributed by atoms with E-state index in [2.05, 4.69) is 5.92 Å². The lowest BCUT2D eigenvalue weighted by molar-refractivity contribution is -0.129. The molecule has 0 spiro atoms. The van der Waals surface area contributed by atoms with Crippen LogP contribution in [0.2, 0.25) is 0 Å². The molecule has 0 fully saturated rings. The van der Waals surface area contributed by atoms with Gasteiger partial charge in [0.05, 0.1) is 17.7 Å². The zero-order valence-electron chi connectivity index (χ0n) is 10.7. The number of nitrogens with zero attached hydrogens (tertiary/aromatic N) is 1. The van der Waals surface area contributed by atoms with Crippen LogP contribution in [0, 0.1) is 29.1 Å². The molecule has 0 heterocycles. The van der Waals surface area contributed by atoms with Crippen LogP contribution in [0.15, 0.2) is 0 Å². The fraction of sp³-hybridized carbons (Fsp3) is 0.769. The average molecular weight is 277 g/mol. The van der Waals surface area contributed by atoms with E-state index >= 15 is 0 Å². The minimum absolute atomic E-state index is 0.0582. The van der Waals surface area contributed by atoms with Gasteiger partial charge in [0.15, 0.2) is 0 Å². The number of rotatable bonds is 7. The van der Waals surface area contributed by atoms with Crippen molar-refractivity contribution in [3.63, 3.8) is 0 Å². The molecule has 0 aromatic carbocycles. The van der Waals surface area contributed by atoms with E-state index in [1.807, 2.05) is 19.9 Å². The van der Waals surface area contributed by atoms with Crippen molar-refractivity contribution in [1.82, 2.24) is 0 Å². The zero-order valence-corrected chi connectivity index (χ0v) is 11.5. The van der Waals surface area contributed by atoms with E-state index in [-0.39, 0.29) is 16.4 Å². The molecule has 0 aliphatic heterocycles. The van der Waals surface area contributed by atoms with Crippen molar-refractivity contribution in [2.45, 2.75) is 51.0 Å². The fourth-order valence-electron chi connectivity index (χ4n) is 1.39. The van der Waals surface area contributed by atoms with E-state index < -0.39 is 12.6 Å². The third-order valence-corrected chi connectivity index (χ3v) is 3.70. The topological polar surface area (TPSA) is 23.8 Å². The van der Waals surface area contributed by atoms with Crippen LogP contribution in [0.5, 0.6) is 0 Å². The summed E-state index contributed by atoms with van der Waals surface area (Å²) in [6.07, 6.45) is 2.18. The average Bonchev–Trinajstić information content (AvgIpc) is 2.21. The second-order valence-corrected chi connectivity index (χ2v) is 6.25. The van der Waals surface area contributed by atoms with Gasteiger partial charge in [-0.05, 0) is 18.3 Å². The van der Waals surface area contributed by atoms with Gasteiger partial charge in [-0.3, -0.25) is 0 Å². The van der Waals surface area contributed by atoms with Crippen molar-refractivity contribution >= 4 is 11.8 Å². The highest BCUT2D eigenvalue weighted by Gasteiger charge is 2.27. The van der Waals surface area contributed by atoms with E-state index in [4.69, 9.17) is 11.7 Å². The van der Waals surface area contributed by atoms with Crippen LogP contribution in [0.3, 0.4) is 0 Å². The Morgan fingerprint density at radius 2 is 1.89 bits per heavy atom. The highest BCUT2D eigenvalue weighted by Crippen LogP contribution is 2.30. The molecule has 0 aromatic heterocycles. The lowest BCUT2D eigenvalue weighted by Gasteiger charge is -2.22. The Hall–Kier alpha value is -0.810. The van der Waals surface area contributed by atoms with Gasteiger partial charge in [-0.15, -0.1) is 24.1 Å². The summed E-state index contributed by atoms with van der Waals surface area (Å²) in [6, 6.07) is 2.05. The first-order valence-corrected chi connectivity index (χ1v) is 6.76. The van der Waals surface area contributed by atoms with E-state index in [9.17, 15) is 13.2 Å². The first-order valence-electron chi connectivity index (χ1n) is 5.71. The molecule has 1 nitrogen and oxygen atoms in total. The van der Waals surface area contributed by atoms with Gasteiger partial charge in [0.1, 0.15) is 0 Å². The lowest BCUT2D eigenvalue weighted by atomic mass is 9.84.